The van der Waals surface area contributed by atoms with Crippen molar-refractivity contribution >= 4 is 29.9 Å². The number of halogens is 1. The molecule has 0 saturated heterocycles. The van der Waals surface area contributed by atoms with Crippen LogP contribution in [0.5, 0.6) is 0 Å². The van der Waals surface area contributed by atoms with Crippen molar-refractivity contribution in [1.82, 2.24) is 10.6 Å². The first-order chi connectivity index (χ1) is 9.72. The van der Waals surface area contributed by atoms with Crippen LogP contribution in [0.1, 0.15) is 31.7 Å². The summed E-state index contributed by atoms with van der Waals surface area (Å²) >= 11 is 0. The summed E-state index contributed by atoms with van der Waals surface area (Å²) in [6.45, 7) is 4.21. The molecule has 1 saturated carbocycles. The average molecular weight is 403 g/mol. The monoisotopic (exact) mass is 403 g/mol. The fourth-order valence-electron chi connectivity index (χ4n) is 2.28. The minimum absolute atomic E-state index is 0. The molecule has 0 radical (unpaired) electrons. The normalized spacial score (nSPS) is 16.6. The molecule has 0 heterocycles. The second-order valence-corrected chi connectivity index (χ2v) is 5.44. The summed E-state index contributed by atoms with van der Waals surface area (Å²) in [7, 11) is 0. The number of guanidine groups is 1. The van der Waals surface area contributed by atoms with Crippen LogP contribution in [0.3, 0.4) is 0 Å². The SMILES string of the molecule is CCNC(=NCC1(O)CCC1)NCCc1ccccc1.I. The highest BCUT2D eigenvalue weighted by atomic mass is 127. The quantitative estimate of drug-likeness (QED) is 0.388. The third-order valence-corrected chi connectivity index (χ3v) is 3.71. The Labute approximate surface area is 144 Å². The van der Waals surface area contributed by atoms with E-state index in [1.165, 1.54) is 5.56 Å². The number of nitrogens with zero attached hydrogens (tertiary/aromatic N) is 1. The van der Waals surface area contributed by atoms with Gasteiger partial charge in [0.2, 0.25) is 0 Å². The molecule has 0 aromatic heterocycles. The van der Waals surface area contributed by atoms with Crippen LogP contribution >= 0.6 is 24.0 Å². The number of hydrogen-bond donors (Lipinski definition) is 3. The van der Waals surface area contributed by atoms with Gasteiger partial charge in [-0.2, -0.15) is 0 Å². The molecule has 3 N–H and O–H groups in total. The van der Waals surface area contributed by atoms with Gasteiger partial charge >= 0.3 is 0 Å². The van der Waals surface area contributed by atoms with Crippen LogP contribution in [0.2, 0.25) is 0 Å². The first-order valence-electron chi connectivity index (χ1n) is 7.50. The Hall–Kier alpha value is -0.820. The van der Waals surface area contributed by atoms with Crippen molar-refractivity contribution in [3.63, 3.8) is 0 Å². The summed E-state index contributed by atoms with van der Waals surface area (Å²) in [4.78, 5) is 4.48. The van der Waals surface area contributed by atoms with Crippen LogP contribution in [0, 0.1) is 0 Å². The Morgan fingerprint density at radius 3 is 2.52 bits per heavy atom. The number of hydrogen-bond acceptors (Lipinski definition) is 2. The standard InChI is InChI=1S/C16H25N3O.HI/c1-2-17-15(19-13-16(20)10-6-11-16)18-12-9-14-7-4-3-5-8-14;/h3-5,7-8,20H,2,6,9-13H2,1H3,(H2,17,18,19);1H. The molecule has 118 valence electrons. The zero-order valence-electron chi connectivity index (χ0n) is 12.6. The second kappa shape index (κ2) is 9.25. The lowest BCUT2D eigenvalue weighted by atomic mass is 9.80. The van der Waals surface area contributed by atoms with Crippen molar-refractivity contribution in [2.24, 2.45) is 4.99 Å². The number of rotatable bonds is 6. The van der Waals surface area contributed by atoms with Crippen LogP contribution in [-0.2, 0) is 6.42 Å². The van der Waals surface area contributed by atoms with Gasteiger partial charge in [-0.25, -0.2) is 0 Å². The predicted octanol–water partition coefficient (Wildman–Crippen LogP) is 2.32. The summed E-state index contributed by atoms with van der Waals surface area (Å²) in [5, 5.41) is 16.6. The lowest BCUT2D eigenvalue weighted by molar-refractivity contribution is -0.0236. The van der Waals surface area contributed by atoms with Crippen LogP contribution in [0.15, 0.2) is 35.3 Å². The van der Waals surface area contributed by atoms with Crippen molar-refractivity contribution in [3.05, 3.63) is 35.9 Å². The summed E-state index contributed by atoms with van der Waals surface area (Å²) in [5.74, 6) is 0.795. The number of nitrogens with one attached hydrogen (secondary N) is 2. The van der Waals surface area contributed by atoms with Crippen molar-refractivity contribution in [2.45, 2.75) is 38.2 Å². The highest BCUT2D eigenvalue weighted by molar-refractivity contribution is 14.0. The van der Waals surface area contributed by atoms with E-state index in [1.54, 1.807) is 0 Å². The maximum atomic E-state index is 10.1. The van der Waals surface area contributed by atoms with E-state index < -0.39 is 5.60 Å². The summed E-state index contributed by atoms with van der Waals surface area (Å²) in [6, 6.07) is 10.4. The van der Waals surface area contributed by atoms with E-state index in [0.717, 1.165) is 44.7 Å². The molecular formula is C16H26IN3O. The number of aliphatic hydroxyl groups is 1. The fourth-order valence-corrected chi connectivity index (χ4v) is 2.28. The van der Waals surface area contributed by atoms with Gasteiger partial charge in [-0.1, -0.05) is 30.3 Å². The maximum Gasteiger partial charge on any atom is 0.191 e. The summed E-state index contributed by atoms with van der Waals surface area (Å²) in [6.07, 6.45) is 3.83. The van der Waals surface area contributed by atoms with Crippen molar-refractivity contribution in [1.29, 1.82) is 0 Å². The van der Waals surface area contributed by atoms with E-state index in [0.29, 0.717) is 6.54 Å². The van der Waals surface area contributed by atoms with E-state index in [2.05, 4.69) is 39.9 Å². The molecule has 2 rings (SSSR count). The van der Waals surface area contributed by atoms with Crippen LogP contribution in [0.4, 0.5) is 0 Å². The van der Waals surface area contributed by atoms with Gasteiger partial charge in [0.05, 0.1) is 12.1 Å². The first-order valence-corrected chi connectivity index (χ1v) is 7.50. The molecule has 5 heteroatoms. The molecular weight excluding hydrogens is 377 g/mol. The van der Waals surface area contributed by atoms with Crippen molar-refractivity contribution in [2.75, 3.05) is 19.6 Å². The highest BCUT2D eigenvalue weighted by Gasteiger charge is 2.34. The van der Waals surface area contributed by atoms with Crippen LogP contribution in [0.25, 0.3) is 0 Å². The van der Waals surface area contributed by atoms with Crippen molar-refractivity contribution in [3.8, 4) is 0 Å². The van der Waals surface area contributed by atoms with Gasteiger partial charge < -0.3 is 15.7 Å². The Bertz CT molecular complexity index is 432. The second-order valence-electron chi connectivity index (χ2n) is 5.44. The zero-order chi connectivity index (χ0) is 14.3. The Morgan fingerprint density at radius 2 is 1.95 bits per heavy atom. The molecule has 1 aliphatic carbocycles. The molecule has 1 aliphatic rings. The lowest BCUT2D eigenvalue weighted by Crippen LogP contribution is -2.43. The molecule has 0 bridgehead atoms. The van der Waals surface area contributed by atoms with Gasteiger partial charge in [-0.05, 0) is 38.2 Å². The number of benzene rings is 1. The molecule has 0 aliphatic heterocycles. The third-order valence-electron chi connectivity index (χ3n) is 3.71. The van der Waals surface area contributed by atoms with Gasteiger partial charge in [-0.15, -0.1) is 24.0 Å². The third kappa shape index (κ3) is 6.22. The molecule has 1 aromatic carbocycles. The van der Waals surface area contributed by atoms with E-state index in [4.69, 9.17) is 0 Å². The topological polar surface area (TPSA) is 56.7 Å². The average Bonchev–Trinajstić information content (AvgIpc) is 2.44. The Kier molecular flexibility index (Phi) is 8.03. The van der Waals surface area contributed by atoms with Gasteiger partial charge in [0.1, 0.15) is 0 Å². The zero-order valence-corrected chi connectivity index (χ0v) is 15.0. The fraction of sp³-hybridized carbons (Fsp3) is 0.562. The summed E-state index contributed by atoms with van der Waals surface area (Å²) < 4.78 is 0. The summed E-state index contributed by atoms with van der Waals surface area (Å²) in [5.41, 5.74) is 0.760. The van der Waals surface area contributed by atoms with E-state index in [9.17, 15) is 5.11 Å². The smallest absolute Gasteiger partial charge is 0.191 e. The van der Waals surface area contributed by atoms with Gasteiger partial charge in [0, 0.05) is 13.1 Å². The largest absolute Gasteiger partial charge is 0.388 e. The van der Waals surface area contributed by atoms with E-state index in [1.807, 2.05) is 13.0 Å². The minimum atomic E-state index is -0.554. The lowest BCUT2D eigenvalue weighted by Gasteiger charge is -2.35. The minimum Gasteiger partial charge on any atom is -0.388 e. The maximum absolute atomic E-state index is 10.1. The molecule has 0 spiro atoms. The molecule has 0 atom stereocenters. The van der Waals surface area contributed by atoms with Crippen LogP contribution in [-0.4, -0.2) is 36.3 Å². The Balaban J connectivity index is 0.00000220. The van der Waals surface area contributed by atoms with Gasteiger partial charge in [-0.3, -0.25) is 4.99 Å². The molecule has 0 unspecified atom stereocenters. The number of aliphatic imine (C=N–C) groups is 1. The molecule has 1 aromatic rings. The Morgan fingerprint density at radius 1 is 1.24 bits per heavy atom. The van der Waals surface area contributed by atoms with E-state index >= 15 is 0 Å². The highest BCUT2D eigenvalue weighted by Crippen LogP contribution is 2.31. The molecule has 21 heavy (non-hydrogen) atoms. The van der Waals surface area contributed by atoms with Gasteiger partial charge in [0.25, 0.3) is 0 Å². The van der Waals surface area contributed by atoms with Crippen LogP contribution < -0.4 is 10.6 Å². The molecule has 0 amide bonds. The molecule has 4 nitrogen and oxygen atoms in total. The van der Waals surface area contributed by atoms with E-state index in [-0.39, 0.29) is 24.0 Å². The molecule has 1 fully saturated rings. The van der Waals surface area contributed by atoms with Crippen molar-refractivity contribution < 1.29 is 5.11 Å². The first kappa shape index (κ1) is 18.2. The van der Waals surface area contributed by atoms with Gasteiger partial charge in [0.15, 0.2) is 5.96 Å². The predicted molar refractivity (Wildman–Crippen MR) is 98.3 cm³/mol.